The quantitative estimate of drug-likeness (QED) is 0.267. The first-order valence-corrected chi connectivity index (χ1v) is 11.6. The Morgan fingerprint density at radius 2 is 1.39 bits per heavy atom. The second-order valence-electron chi connectivity index (χ2n) is 8.86. The van der Waals surface area contributed by atoms with Crippen molar-refractivity contribution in [3.63, 3.8) is 0 Å². The Morgan fingerprint density at radius 3 is 2.00 bits per heavy atom. The van der Waals surface area contributed by atoms with Crippen LogP contribution in [-0.4, -0.2) is 26.2 Å². The summed E-state index contributed by atoms with van der Waals surface area (Å²) in [5, 5.41) is 11.3. The summed E-state index contributed by atoms with van der Waals surface area (Å²) in [5.74, 6) is -1.97. The van der Waals surface area contributed by atoms with E-state index in [1.165, 1.54) is 9.58 Å². The molecular formula is C29H25N3O4. The van der Waals surface area contributed by atoms with Crippen molar-refractivity contribution < 1.29 is 14.7 Å². The number of carbonyl (C=O) groups is 2. The molecule has 1 amide bonds. The maximum atomic E-state index is 13.8. The van der Waals surface area contributed by atoms with Crippen molar-refractivity contribution in [1.29, 1.82) is 0 Å². The summed E-state index contributed by atoms with van der Waals surface area (Å²) >= 11 is 0. The lowest BCUT2D eigenvalue weighted by Gasteiger charge is -2.24. The van der Waals surface area contributed by atoms with Gasteiger partial charge in [-0.15, -0.1) is 0 Å². The molecule has 0 spiro atoms. The molecule has 0 bridgehead atoms. The summed E-state index contributed by atoms with van der Waals surface area (Å²) in [6, 6.07) is 24.1. The normalized spacial score (nSPS) is 17.1. The molecule has 1 saturated heterocycles. The van der Waals surface area contributed by atoms with E-state index in [1.807, 2.05) is 43.3 Å². The fraction of sp³-hybridized carbons (Fsp3) is 0.138. The molecule has 1 N–H and O–H groups in total. The average Bonchev–Trinajstić information content (AvgIpc) is 3.28. The molecule has 1 aliphatic heterocycles. The second kappa shape index (κ2) is 8.85. The number of aromatic nitrogens is 2. The highest BCUT2D eigenvalue weighted by Crippen LogP contribution is 2.42. The Hall–Kier alpha value is -4.65. The molecule has 1 fully saturated rings. The number of aliphatic hydroxyl groups excluding tert-OH is 1. The van der Waals surface area contributed by atoms with Crippen LogP contribution in [-0.2, 0) is 16.6 Å². The number of aliphatic hydroxyl groups is 1. The number of aryl methyl sites for hydroxylation is 1. The molecule has 180 valence electrons. The topological polar surface area (TPSA) is 84.5 Å². The van der Waals surface area contributed by atoms with Crippen molar-refractivity contribution in [3.8, 4) is 5.69 Å². The number of carbonyl (C=O) groups excluding carboxylic acids is 2. The highest BCUT2D eigenvalue weighted by molar-refractivity contribution is 6.51. The van der Waals surface area contributed by atoms with Crippen molar-refractivity contribution in [1.82, 2.24) is 9.36 Å². The zero-order valence-corrected chi connectivity index (χ0v) is 20.2. The SMILES string of the molecule is Cc1ccc(C(O)=C2C(=O)C(=O)N(c3c(C)n(C)n(-c4ccccc4)c3=O)[C@H]2c2ccccc2)cc1. The first-order chi connectivity index (χ1) is 17.3. The number of ketones is 1. The van der Waals surface area contributed by atoms with Crippen LogP contribution in [0.5, 0.6) is 0 Å². The van der Waals surface area contributed by atoms with Crippen molar-refractivity contribution >= 4 is 23.1 Å². The van der Waals surface area contributed by atoms with Crippen LogP contribution in [0.15, 0.2) is 95.3 Å². The molecule has 36 heavy (non-hydrogen) atoms. The van der Waals surface area contributed by atoms with Gasteiger partial charge in [0.05, 0.1) is 23.0 Å². The zero-order chi connectivity index (χ0) is 25.6. The number of Topliss-reactive ketones (excluding diaryl/α,β-unsaturated/α-hetero) is 1. The molecule has 7 heteroatoms. The molecule has 1 aliphatic rings. The Morgan fingerprint density at radius 1 is 0.806 bits per heavy atom. The van der Waals surface area contributed by atoms with Gasteiger partial charge in [0, 0.05) is 12.6 Å². The van der Waals surface area contributed by atoms with Crippen LogP contribution in [0.25, 0.3) is 11.4 Å². The van der Waals surface area contributed by atoms with Crippen LogP contribution >= 0.6 is 0 Å². The number of hydrogen-bond acceptors (Lipinski definition) is 4. The predicted octanol–water partition coefficient (Wildman–Crippen LogP) is 4.42. The number of para-hydroxylation sites is 1. The lowest BCUT2D eigenvalue weighted by Crippen LogP contribution is -2.34. The fourth-order valence-electron chi connectivity index (χ4n) is 4.71. The minimum absolute atomic E-state index is 0.0519. The summed E-state index contributed by atoms with van der Waals surface area (Å²) in [5.41, 5.74) is 2.79. The lowest BCUT2D eigenvalue weighted by atomic mass is 9.95. The molecule has 2 heterocycles. The van der Waals surface area contributed by atoms with E-state index in [4.69, 9.17) is 0 Å². The Bertz CT molecular complexity index is 1560. The summed E-state index contributed by atoms with van der Waals surface area (Å²) in [7, 11) is 1.73. The van der Waals surface area contributed by atoms with Crippen LogP contribution in [0.4, 0.5) is 5.69 Å². The lowest BCUT2D eigenvalue weighted by molar-refractivity contribution is -0.132. The van der Waals surface area contributed by atoms with Gasteiger partial charge in [0.1, 0.15) is 11.4 Å². The highest BCUT2D eigenvalue weighted by Gasteiger charge is 2.49. The summed E-state index contributed by atoms with van der Waals surface area (Å²) in [6.45, 7) is 3.65. The average molecular weight is 480 g/mol. The van der Waals surface area contributed by atoms with E-state index >= 15 is 0 Å². The highest BCUT2D eigenvalue weighted by atomic mass is 16.3. The third kappa shape index (κ3) is 3.56. The Balaban J connectivity index is 1.77. The molecule has 0 saturated carbocycles. The molecule has 7 nitrogen and oxygen atoms in total. The Kier molecular flexibility index (Phi) is 5.68. The maximum Gasteiger partial charge on any atom is 0.300 e. The van der Waals surface area contributed by atoms with Crippen molar-refractivity contribution in [3.05, 3.63) is 123 Å². The van der Waals surface area contributed by atoms with Gasteiger partial charge in [-0.3, -0.25) is 24.0 Å². The first-order valence-electron chi connectivity index (χ1n) is 11.6. The molecule has 1 atom stereocenters. The number of nitrogens with zero attached hydrogens (tertiary/aromatic N) is 3. The van der Waals surface area contributed by atoms with Gasteiger partial charge in [-0.05, 0) is 31.5 Å². The van der Waals surface area contributed by atoms with E-state index in [0.29, 0.717) is 22.5 Å². The van der Waals surface area contributed by atoms with Gasteiger partial charge in [-0.1, -0.05) is 78.4 Å². The minimum Gasteiger partial charge on any atom is -0.507 e. The van der Waals surface area contributed by atoms with Crippen LogP contribution in [0.1, 0.15) is 28.4 Å². The number of benzene rings is 3. The minimum atomic E-state index is -0.967. The molecule has 5 rings (SSSR count). The van der Waals surface area contributed by atoms with Gasteiger partial charge < -0.3 is 5.11 Å². The molecule has 3 aromatic carbocycles. The van der Waals surface area contributed by atoms with E-state index in [1.54, 1.807) is 67.2 Å². The van der Waals surface area contributed by atoms with Gasteiger partial charge in [0.15, 0.2) is 0 Å². The van der Waals surface area contributed by atoms with E-state index in [0.717, 1.165) is 5.56 Å². The third-order valence-corrected chi connectivity index (χ3v) is 6.65. The van der Waals surface area contributed by atoms with Crippen LogP contribution in [0.2, 0.25) is 0 Å². The molecular weight excluding hydrogens is 454 g/mol. The largest absolute Gasteiger partial charge is 0.507 e. The third-order valence-electron chi connectivity index (χ3n) is 6.65. The Labute approximate surface area is 208 Å². The van der Waals surface area contributed by atoms with Gasteiger partial charge in [0.25, 0.3) is 17.2 Å². The molecule has 1 aromatic heterocycles. The number of hydrogen-bond donors (Lipinski definition) is 1. The summed E-state index contributed by atoms with van der Waals surface area (Å²) in [4.78, 5) is 41.9. The molecule has 4 aromatic rings. The van der Waals surface area contributed by atoms with Gasteiger partial charge in [-0.25, -0.2) is 4.68 Å². The van der Waals surface area contributed by atoms with Crippen molar-refractivity contribution in [2.45, 2.75) is 19.9 Å². The first kappa shape index (κ1) is 23.1. The van der Waals surface area contributed by atoms with Gasteiger partial charge in [-0.2, -0.15) is 0 Å². The summed E-state index contributed by atoms with van der Waals surface area (Å²) < 4.78 is 3.13. The second-order valence-corrected chi connectivity index (χ2v) is 8.86. The van der Waals surface area contributed by atoms with Crippen LogP contribution in [0.3, 0.4) is 0 Å². The molecule has 0 unspecified atom stereocenters. The van der Waals surface area contributed by atoms with E-state index < -0.39 is 23.3 Å². The van der Waals surface area contributed by atoms with E-state index in [-0.39, 0.29) is 17.0 Å². The number of amides is 1. The molecule has 0 aliphatic carbocycles. The number of anilines is 1. The van der Waals surface area contributed by atoms with Crippen molar-refractivity contribution in [2.75, 3.05) is 4.90 Å². The van der Waals surface area contributed by atoms with E-state index in [2.05, 4.69) is 0 Å². The summed E-state index contributed by atoms with van der Waals surface area (Å²) in [6.07, 6.45) is 0. The van der Waals surface area contributed by atoms with Crippen molar-refractivity contribution in [2.24, 2.45) is 7.05 Å². The zero-order valence-electron chi connectivity index (χ0n) is 20.2. The maximum absolute atomic E-state index is 13.8. The van der Waals surface area contributed by atoms with Crippen LogP contribution < -0.4 is 10.5 Å². The van der Waals surface area contributed by atoms with Gasteiger partial charge >= 0.3 is 0 Å². The fourth-order valence-corrected chi connectivity index (χ4v) is 4.71. The molecule has 0 radical (unpaired) electrons. The van der Waals surface area contributed by atoms with Gasteiger partial charge in [0.2, 0.25) is 0 Å². The van der Waals surface area contributed by atoms with E-state index in [9.17, 15) is 19.5 Å². The predicted molar refractivity (Wildman–Crippen MR) is 138 cm³/mol. The number of rotatable bonds is 4. The smallest absolute Gasteiger partial charge is 0.300 e. The standard InChI is InChI=1S/C29H25N3O4/c1-18-14-16-21(17-15-18)26(33)23-25(20-10-6-4-7-11-20)31(29(36)27(23)34)24-19(2)30(3)32(28(24)35)22-12-8-5-9-13-22/h4-17,25,33H,1-3H3/t25-/m0/s1. The monoisotopic (exact) mass is 479 g/mol. The van der Waals surface area contributed by atoms with Crippen LogP contribution in [0, 0.1) is 13.8 Å².